The summed E-state index contributed by atoms with van der Waals surface area (Å²) in [5.74, 6) is -0.393. The van der Waals surface area contributed by atoms with Crippen molar-refractivity contribution in [3.05, 3.63) is 41.7 Å². The predicted molar refractivity (Wildman–Crippen MR) is 74.3 cm³/mol. The molecule has 0 saturated heterocycles. The van der Waals surface area contributed by atoms with E-state index >= 15 is 0 Å². The number of nitrogens with two attached hydrogens (primary N) is 1. The lowest BCUT2D eigenvalue weighted by atomic mass is 10.0. The summed E-state index contributed by atoms with van der Waals surface area (Å²) < 4.78 is 39.2. The monoisotopic (exact) mass is 296 g/mol. The molecular formula is C14H15F3N4. The van der Waals surface area contributed by atoms with Crippen molar-refractivity contribution < 1.29 is 13.2 Å². The van der Waals surface area contributed by atoms with Gasteiger partial charge in [-0.15, -0.1) is 0 Å². The number of anilines is 1. The minimum Gasteiger partial charge on any atom is -0.368 e. The smallest absolute Gasteiger partial charge is 0.368 e. The highest BCUT2D eigenvalue weighted by atomic mass is 19.4. The maximum atomic E-state index is 13.1. The van der Waals surface area contributed by atoms with Crippen molar-refractivity contribution in [2.45, 2.75) is 12.7 Å². The fourth-order valence-corrected chi connectivity index (χ4v) is 2.03. The number of aromatic nitrogens is 2. The first-order valence-electron chi connectivity index (χ1n) is 6.21. The van der Waals surface area contributed by atoms with Crippen LogP contribution in [0.4, 0.5) is 19.1 Å². The molecule has 0 radical (unpaired) electrons. The Morgan fingerprint density at radius 2 is 1.95 bits per heavy atom. The topological polar surface area (TPSA) is 55.0 Å². The Kier molecular flexibility index (Phi) is 4.13. The first kappa shape index (κ1) is 15.2. The minimum atomic E-state index is -4.58. The van der Waals surface area contributed by atoms with E-state index in [9.17, 15) is 13.2 Å². The van der Waals surface area contributed by atoms with Crippen LogP contribution < -0.4 is 5.73 Å². The molecule has 0 bridgehead atoms. The fourth-order valence-electron chi connectivity index (χ4n) is 2.03. The number of halogens is 3. The number of hydrogen-bond donors (Lipinski definition) is 1. The highest BCUT2D eigenvalue weighted by Crippen LogP contribution is 2.35. The van der Waals surface area contributed by atoms with Gasteiger partial charge in [0, 0.05) is 18.3 Å². The summed E-state index contributed by atoms with van der Waals surface area (Å²) in [6.07, 6.45) is -3.47. The van der Waals surface area contributed by atoms with E-state index in [1.807, 2.05) is 25.1 Å². The summed E-state index contributed by atoms with van der Waals surface area (Å²) >= 11 is 0. The summed E-state index contributed by atoms with van der Waals surface area (Å²) in [5, 5.41) is 0. The maximum absolute atomic E-state index is 13.1. The summed E-state index contributed by atoms with van der Waals surface area (Å²) in [4.78, 5) is 8.95. The molecule has 0 aliphatic heterocycles. The normalized spacial score (nSPS) is 11.9. The third-order valence-electron chi connectivity index (χ3n) is 2.81. The Bertz CT molecular complexity index is 638. The Hall–Kier alpha value is -2.15. The SMILES string of the molecule is CN(C)Cc1cccc(-c2cnc(N)nc2C(F)(F)F)c1. The second-order valence-electron chi connectivity index (χ2n) is 4.93. The molecule has 1 heterocycles. The molecule has 0 amide bonds. The average molecular weight is 296 g/mol. The van der Waals surface area contributed by atoms with Gasteiger partial charge in [0.05, 0.1) is 0 Å². The zero-order chi connectivity index (χ0) is 15.6. The van der Waals surface area contributed by atoms with Crippen molar-refractivity contribution in [3.63, 3.8) is 0 Å². The average Bonchev–Trinajstić information content (AvgIpc) is 2.37. The van der Waals surface area contributed by atoms with Crippen LogP contribution in [0.1, 0.15) is 11.3 Å². The second-order valence-corrected chi connectivity index (χ2v) is 4.93. The van der Waals surface area contributed by atoms with Gasteiger partial charge in [-0.1, -0.05) is 18.2 Å². The molecule has 1 aromatic carbocycles. The molecule has 0 aliphatic rings. The quantitative estimate of drug-likeness (QED) is 0.946. The number of rotatable bonds is 3. The van der Waals surface area contributed by atoms with Crippen LogP contribution in [0.5, 0.6) is 0 Å². The fraction of sp³-hybridized carbons (Fsp3) is 0.286. The molecule has 7 heteroatoms. The van der Waals surface area contributed by atoms with Gasteiger partial charge in [-0.25, -0.2) is 9.97 Å². The molecule has 2 rings (SSSR count). The van der Waals surface area contributed by atoms with Crippen molar-refractivity contribution in [3.8, 4) is 11.1 Å². The van der Waals surface area contributed by atoms with E-state index in [0.29, 0.717) is 12.1 Å². The molecule has 4 nitrogen and oxygen atoms in total. The Morgan fingerprint density at radius 3 is 2.57 bits per heavy atom. The molecule has 0 atom stereocenters. The summed E-state index contributed by atoms with van der Waals surface area (Å²) in [6.45, 7) is 0.630. The molecule has 1 aromatic heterocycles. The van der Waals surface area contributed by atoms with Gasteiger partial charge in [-0.2, -0.15) is 13.2 Å². The van der Waals surface area contributed by atoms with Crippen LogP contribution in [0.3, 0.4) is 0 Å². The Labute approximate surface area is 120 Å². The lowest BCUT2D eigenvalue weighted by Crippen LogP contribution is -2.13. The lowest BCUT2D eigenvalue weighted by molar-refractivity contribution is -0.140. The van der Waals surface area contributed by atoms with Crippen molar-refractivity contribution >= 4 is 5.95 Å². The van der Waals surface area contributed by atoms with E-state index in [0.717, 1.165) is 11.8 Å². The molecular weight excluding hydrogens is 281 g/mol. The lowest BCUT2D eigenvalue weighted by Gasteiger charge is -2.14. The van der Waals surface area contributed by atoms with Crippen LogP contribution in [-0.4, -0.2) is 29.0 Å². The number of benzene rings is 1. The molecule has 0 aliphatic carbocycles. The summed E-state index contributed by atoms with van der Waals surface area (Å²) in [5.41, 5.74) is 5.50. The molecule has 0 spiro atoms. The number of nitrogens with zero attached hydrogens (tertiary/aromatic N) is 3. The van der Waals surface area contributed by atoms with Gasteiger partial charge in [0.25, 0.3) is 0 Å². The van der Waals surface area contributed by atoms with Gasteiger partial charge in [-0.3, -0.25) is 0 Å². The van der Waals surface area contributed by atoms with Crippen molar-refractivity contribution in [1.29, 1.82) is 0 Å². The van der Waals surface area contributed by atoms with Crippen LogP contribution in [0.15, 0.2) is 30.5 Å². The first-order chi connectivity index (χ1) is 9.77. The molecule has 2 N–H and O–H groups in total. The molecule has 2 aromatic rings. The van der Waals surface area contributed by atoms with Crippen molar-refractivity contribution in [2.24, 2.45) is 0 Å². The highest BCUT2D eigenvalue weighted by Gasteiger charge is 2.36. The maximum Gasteiger partial charge on any atom is 0.434 e. The number of nitrogen functional groups attached to an aromatic ring is 1. The van der Waals surface area contributed by atoms with Gasteiger partial charge in [0.15, 0.2) is 5.69 Å². The van der Waals surface area contributed by atoms with Gasteiger partial charge in [-0.05, 0) is 31.3 Å². The van der Waals surface area contributed by atoms with E-state index in [1.165, 1.54) is 0 Å². The predicted octanol–water partition coefficient (Wildman–Crippen LogP) is 2.81. The summed E-state index contributed by atoms with van der Waals surface area (Å²) in [7, 11) is 3.78. The molecule has 0 unspecified atom stereocenters. The summed E-state index contributed by atoms with van der Waals surface area (Å²) in [6, 6.07) is 6.87. The zero-order valence-electron chi connectivity index (χ0n) is 11.6. The van der Waals surface area contributed by atoms with Crippen LogP contribution in [0, 0.1) is 0 Å². The zero-order valence-corrected chi connectivity index (χ0v) is 11.6. The van der Waals surface area contributed by atoms with E-state index < -0.39 is 17.8 Å². The van der Waals surface area contributed by atoms with E-state index in [1.54, 1.807) is 18.2 Å². The van der Waals surface area contributed by atoms with Crippen LogP contribution >= 0.6 is 0 Å². The van der Waals surface area contributed by atoms with E-state index in [-0.39, 0.29) is 5.56 Å². The van der Waals surface area contributed by atoms with Crippen LogP contribution in [0.2, 0.25) is 0 Å². The Morgan fingerprint density at radius 1 is 1.24 bits per heavy atom. The number of hydrogen-bond acceptors (Lipinski definition) is 4. The highest BCUT2D eigenvalue weighted by molar-refractivity contribution is 5.67. The van der Waals surface area contributed by atoms with Gasteiger partial charge in [0.2, 0.25) is 5.95 Å². The Balaban J connectivity index is 2.52. The second kappa shape index (κ2) is 5.69. The molecule has 0 fully saturated rings. The minimum absolute atomic E-state index is 0.0719. The molecule has 112 valence electrons. The van der Waals surface area contributed by atoms with Gasteiger partial charge >= 0.3 is 6.18 Å². The third-order valence-corrected chi connectivity index (χ3v) is 2.81. The van der Waals surface area contributed by atoms with Crippen molar-refractivity contribution in [2.75, 3.05) is 19.8 Å². The first-order valence-corrected chi connectivity index (χ1v) is 6.21. The number of alkyl halides is 3. The van der Waals surface area contributed by atoms with Crippen LogP contribution in [-0.2, 0) is 12.7 Å². The van der Waals surface area contributed by atoms with Crippen LogP contribution in [0.25, 0.3) is 11.1 Å². The van der Waals surface area contributed by atoms with Gasteiger partial charge < -0.3 is 10.6 Å². The van der Waals surface area contributed by atoms with E-state index in [2.05, 4.69) is 9.97 Å². The largest absolute Gasteiger partial charge is 0.434 e. The van der Waals surface area contributed by atoms with Crippen molar-refractivity contribution in [1.82, 2.24) is 14.9 Å². The molecule has 21 heavy (non-hydrogen) atoms. The third kappa shape index (κ3) is 3.69. The standard InChI is InChI=1S/C14H15F3N4/c1-21(2)8-9-4-3-5-10(6-9)11-7-19-13(18)20-12(11)14(15,16)17/h3-7H,8H2,1-2H3,(H2,18,19,20). The van der Waals surface area contributed by atoms with E-state index in [4.69, 9.17) is 5.73 Å². The molecule has 0 saturated carbocycles. The van der Waals surface area contributed by atoms with Gasteiger partial charge in [0.1, 0.15) is 0 Å².